The van der Waals surface area contributed by atoms with E-state index in [1.165, 1.54) is 6.07 Å². The lowest BCUT2D eigenvalue weighted by molar-refractivity contribution is -0.134. The van der Waals surface area contributed by atoms with Crippen molar-refractivity contribution < 1.29 is 18.7 Å². The molecule has 70 valence electrons. The van der Waals surface area contributed by atoms with Crippen molar-refractivity contribution in [3.8, 4) is 0 Å². The summed E-state index contributed by atoms with van der Waals surface area (Å²) in [5, 5.41) is 8.21. The number of hydrogen-bond donors (Lipinski definition) is 1. The summed E-state index contributed by atoms with van der Waals surface area (Å²) < 4.78 is 18.4. The molecule has 0 unspecified atom stereocenters. The van der Waals surface area contributed by atoms with Crippen molar-refractivity contribution in [3.63, 3.8) is 0 Å². The fourth-order valence-electron chi connectivity index (χ4n) is 0.621. The first-order chi connectivity index (χ1) is 6.00. The molecule has 0 fully saturated rings. The van der Waals surface area contributed by atoms with E-state index in [-0.39, 0.29) is 5.76 Å². The van der Waals surface area contributed by atoms with Crippen LogP contribution in [0.5, 0.6) is 0 Å². The van der Waals surface area contributed by atoms with Crippen molar-refractivity contribution in [3.05, 3.63) is 26.8 Å². The molecule has 0 aromatic carbocycles. The molecular weight excluding hydrogens is 311 g/mol. The van der Waals surface area contributed by atoms with E-state index in [9.17, 15) is 9.18 Å². The lowest BCUT2D eigenvalue weighted by Crippen LogP contribution is -1.93. The largest absolute Gasteiger partial charge is 0.476 e. The Bertz CT molecular complexity index is 350. The van der Waals surface area contributed by atoms with E-state index in [4.69, 9.17) is 9.52 Å². The maximum absolute atomic E-state index is 12.5. The molecule has 6 heteroatoms. The third kappa shape index (κ3) is 2.67. The first-order valence-electron chi connectivity index (χ1n) is 3.06. The van der Waals surface area contributed by atoms with Crippen LogP contribution in [0.15, 0.2) is 25.5 Å². The Balaban J connectivity index is 2.98. The second-order valence-corrected chi connectivity index (χ2v) is 3.64. The van der Waals surface area contributed by atoms with Crippen LogP contribution in [0.1, 0.15) is 5.76 Å². The zero-order valence-electron chi connectivity index (χ0n) is 6.05. The Morgan fingerprint density at radius 3 is 2.62 bits per heavy atom. The van der Waals surface area contributed by atoms with Gasteiger partial charge >= 0.3 is 5.97 Å². The minimum atomic E-state index is -1.62. The Kier molecular flexibility index (Phi) is 3.27. The van der Waals surface area contributed by atoms with Gasteiger partial charge < -0.3 is 9.52 Å². The van der Waals surface area contributed by atoms with Crippen LogP contribution in [-0.4, -0.2) is 11.1 Å². The fraction of sp³-hybridized carbons (Fsp3) is 0. The normalized spacial score (nSPS) is 11.8. The highest BCUT2D eigenvalue weighted by atomic mass is 79.9. The minimum Gasteiger partial charge on any atom is -0.476 e. The molecule has 1 N–H and O–H groups in total. The number of carbonyl (C=O) groups is 1. The van der Waals surface area contributed by atoms with Gasteiger partial charge in [0.25, 0.3) is 0 Å². The van der Waals surface area contributed by atoms with E-state index < -0.39 is 11.8 Å². The molecule has 0 aliphatic heterocycles. The molecule has 3 nitrogen and oxygen atoms in total. The summed E-state index contributed by atoms with van der Waals surface area (Å²) in [7, 11) is 0. The monoisotopic (exact) mass is 312 g/mol. The first kappa shape index (κ1) is 10.5. The zero-order chi connectivity index (χ0) is 10.0. The molecule has 0 radical (unpaired) electrons. The summed E-state index contributed by atoms with van der Waals surface area (Å²) in [6.07, 6.45) is 0.790. The summed E-state index contributed by atoms with van der Waals surface area (Å²) in [6, 6.07) is 1.45. The highest BCUT2D eigenvalue weighted by molar-refractivity contribution is 9.13. The molecule has 0 aliphatic carbocycles. The Morgan fingerprint density at radius 1 is 1.62 bits per heavy atom. The maximum Gasteiger partial charge on any atom is 0.364 e. The molecule has 0 atom stereocenters. The Hall–Kier alpha value is -0.620. The molecule has 1 aromatic heterocycles. The average Bonchev–Trinajstić information content (AvgIpc) is 2.31. The lowest BCUT2D eigenvalue weighted by Gasteiger charge is -1.85. The second kappa shape index (κ2) is 4.06. The topological polar surface area (TPSA) is 50.4 Å². The van der Waals surface area contributed by atoms with Gasteiger partial charge in [0.1, 0.15) is 5.76 Å². The smallest absolute Gasteiger partial charge is 0.364 e. The van der Waals surface area contributed by atoms with E-state index >= 15 is 0 Å². The molecule has 0 spiro atoms. The van der Waals surface area contributed by atoms with Gasteiger partial charge in [0.15, 0.2) is 4.67 Å². The Labute approximate surface area is 89.5 Å². The first-order valence-corrected chi connectivity index (χ1v) is 4.64. The van der Waals surface area contributed by atoms with Gasteiger partial charge in [-0.05, 0) is 37.9 Å². The molecule has 0 saturated heterocycles. The molecule has 0 amide bonds. The van der Waals surface area contributed by atoms with E-state index in [1.807, 2.05) is 0 Å². The highest BCUT2D eigenvalue weighted by Crippen LogP contribution is 2.27. The third-order valence-electron chi connectivity index (χ3n) is 1.14. The van der Waals surface area contributed by atoms with Crippen LogP contribution in [0.25, 0.3) is 6.08 Å². The molecule has 0 saturated carbocycles. The predicted octanol–water partition coefficient (Wildman–Crippen LogP) is 3.20. The molecule has 13 heavy (non-hydrogen) atoms. The molecule has 0 aliphatic rings. The second-order valence-electron chi connectivity index (χ2n) is 2.07. The maximum atomic E-state index is 12.5. The quantitative estimate of drug-likeness (QED) is 0.853. The van der Waals surface area contributed by atoms with Gasteiger partial charge in [0.05, 0.1) is 4.47 Å². The fourth-order valence-corrected chi connectivity index (χ4v) is 1.23. The van der Waals surface area contributed by atoms with Gasteiger partial charge in [-0.2, -0.15) is 4.39 Å². The van der Waals surface area contributed by atoms with Crippen LogP contribution in [0.2, 0.25) is 0 Å². The van der Waals surface area contributed by atoms with Crippen molar-refractivity contribution >= 4 is 43.9 Å². The predicted molar refractivity (Wildman–Crippen MR) is 50.8 cm³/mol. The molecule has 1 aromatic rings. The summed E-state index contributed by atoms with van der Waals surface area (Å²) in [4.78, 5) is 10.1. The summed E-state index contributed by atoms with van der Waals surface area (Å²) >= 11 is 6.13. The van der Waals surface area contributed by atoms with E-state index in [0.717, 1.165) is 6.08 Å². The lowest BCUT2D eigenvalue weighted by atomic mass is 10.4. The average molecular weight is 314 g/mol. The van der Waals surface area contributed by atoms with Crippen LogP contribution < -0.4 is 0 Å². The van der Waals surface area contributed by atoms with Crippen LogP contribution in [0.3, 0.4) is 0 Å². The molecule has 0 bridgehead atoms. The number of halogens is 3. The number of carboxylic acid groups (broad SMARTS) is 1. The minimum absolute atomic E-state index is 0.124. The SMILES string of the molecule is O=C(O)C(F)=Cc1cc(Br)c(Br)o1. The highest BCUT2D eigenvalue weighted by Gasteiger charge is 2.09. The number of hydrogen-bond acceptors (Lipinski definition) is 2. The summed E-state index contributed by atoms with van der Waals surface area (Å²) in [5.41, 5.74) is 0. The number of aliphatic carboxylic acids is 1. The summed E-state index contributed by atoms with van der Waals surface area (Å²) in [5.74, 6) is -2.77. The standard InChI is InChI=1S/C7H3Br2FO3/c8-4-1-3(13-6(4)9)2-5(10)7(11)12/h1-2H,(H,11,12). The van der Waals surface area contributed by atoms with Gasteiger partial charge in [0, 0.05) is 6.08 Å². The van der Waals surface area contributed by atoms with E-state index in [1.54, 1.807) is 0 Å². The van der Waals surface area contributed by atoms with Gasteiger partial charge in [-0.3, -0.25) is 0 Å². The number of carboxylic acids is 1. The van der Waals surface area contributed by atoms with Crippen molar-refractivity contribution in [2.24, 2.45) is 0 Å². The third-order valence-corrected chi connectivity index (χ3v) is 2.85. The summed E-state index contributed by atoms with van der Waals surface area (Å²) in [6.45, 7) is 0. The van der Waals surface area contributed by atoms with E-state index in [0.29, 0.717) is 9.14 Å². The van der Waals surface area contributed by atoms with Crippen LogP contribution in [0, 0.1) is 0 Å². The van der Waals surface area contributed by atoms with Crippen LogP contribution in [-0.2, 0) is 4.79 Å². The van der Waals surface area contributed by atoms with Gasteiger partial charge in [-0.1, -0.05) is 0 Å². The van der Waals surface area contributed by atoms with Gasteiger partial charge in [-0.25, -0.2) is 4.79 Å². The van der Waals surface area contributed by atoms with Crippen molar-refractivity contribution in [1.82, 2.24) is 0 Å². The van der Waals surface area contributed by atoms with Crippen molar-refractivity contribution in [2.45, 2.75) is 0 Å². The number of furan rings is 1. The van der Waals surface area contributed by atoms with Crippen molar-refractivity contribution in [2.75, 3.05) is 0 Å². The molecular formula is C7H3Br2FO3. The Morgan fingerprint density at radius 2 is 2.23 bits per heavy atom. The van der Waals surface area contributed by atoms with E-state index in [2.05, 4.69) is 31.9 Å². The molecule has 1 heterocycles. The zero-order valence-corrected chi connectivity index (χ0v) is 9.22. The van der Waals surface area contributed by atoms with Crippen LogP contribution in [0.4, 0.5) is 4.39 Å². The number of rotatable bonds is 2. The van der Waals surface area contributed by atoms with Crippen molar-refractivity contribution in [1.29, 1.82) is 0 Å². The van der Waals surface area contributed by atoms with Crippen LogP contribution >= 0.6 is 31.9 Å². The van der Waals surface area contributed by atoms with Gasteiger partial charge in [0.2, 0.25) is 5.83 Å². The molecule has 1 rings (SSSR count). The van der Waals surface area contributed by atoms with Gasteiger partial charge in [-0.15, -0.1) is 0 Å².